The second kappa shape index (κ2) is 6.94. The van der Waals surface area contributed by atoms with Crippen LogP contribution in [0.1, 0.15) is 59.8 Å². The number of rotatable bonds is 3. The minimum atomic E-state index is -0.740. The van der Waals surface area contributed by atoms with Gasteiger partial charge in [0, 0.05) is 12.2 Å². The molecule has 2 aromatic rings. The van der Waals surface area contributed by atoms with Gasteiger partial charge in [0.2, 0.25) is 17.6 Å². The van der Waals surface area contributed by atoms with Crippen molar-refractivity contribution in [2.45, 2.75) is 50.2 Å². The van der Waals surface area contributed by atoms with Crippen LogP contribution in [0, 0.1) is 11.8 Å². The molecule has 6 rings (SSSR count). The fourth-order valence-corrected chi connectivity index (χ4v) is 6.14. The number of hydrogen-bond acceptors (Lipinski definition) is 5. The van der Waals surface area contributed by atoms with Gasteiger partial charge in [0.05, 0.1) is 24.1 Å². The van der Waals surface area contributed by atoms with Crippen LogP contribution in [0.15, 0.2) is 53.3 Å². The molecule has 0 bridgehead atoms. The number of likely N-dealkylation sites (tertiary alicyclic amines) is 1. The predicted molar refractivity (Wildman–Crippen MR) is 113 cm³/mol. The summed E-state index contributed by atoms with van der Waals surface area (Å²) >= 11 is 0. The van der Waals surface area contributed by atoms with Gasteiger partial charge in [-0.05, 0) is 42.2 Å². The zero-order chi connectivity index (χ0) is 21.1. The van der Waals surface area contributed by atoms with Gasteiger partial charge in [0.15, 0.2) is 5.76 Å². The van der Waals surface area contributed by atoms with E-state index in [-0.39, 0.29) is 35.4 Å². The summed E-state index contributed by atoms with van der Waals surface area (Å²) in [6.07, 6.45) is 10.2. The lowest BCUT2D eigenvalue weighted by Gasteiger charge is -2.37. The number of nitrogens with zero attached hydrogens (tertiary/aromatic N) is 2. The van der Waals surface area contributed by atoms with E-state index >= 15 is 0 Å². The number of furan rings is 1. The van der Waals surface area contributed by atoms with Crippen molar-refractivity contribution < 1.29 is 18.8 Å². The lowest BCUT2D eigenvalue weighted by atomic mass is 9.84. The Bertz CT molecular complexity index is 1080. The molecular weight excluding hydrogens is 392 g/mol. The predicted octanol–water partition coefficient (Wildman–Crippen LogP) is 3.81. The first-order valence-electron chi connectivity index (χ1n) is 11.2. The summed E-state index contributed by atoms with van der Waals surface area (Å²) in [5.41, 5.74) is 2.03. The number of carbonyl (C=O) groups excluding carboxylic acids is 3. The van der Waals surface area contributed by atoms with Crippen LogP contribution in [-0.4, -0.2) is 39.5 Å². The fraction of sp³-hybridized carbons (Fsp3) is 0.400. The average Bonchev–Trinajstić information content (AvgIpc) is 3.50. The monoisotopic (exact) mass is 416 g/mol. The number of benzene rings is 1. The Kier molecular flexibility index (Phi) is 4.16. The van der Waals surface area contributed by atoms with Gasteiger partial charge in [-0.1, -0.05) is 43.5 Å². The Morgan fingerprint density at radius 3 is 2.48 bits per heavy atom. The molecule has 31 heavy (non-hydrogen) atoms. The molecule has 1 saturated carbocycles. The quantitative estimate of drug-likeness (QED) is 0.562. The summed E-state index contributed by atoms with van der Waals surface area (Å²) in [6.45, 7) is 0. The van der Waals surface area contributed by atoms with E-state index in [1.54, 1.807) is 12.1 Å². The number of carbonyl (C=O) groups is 3. The standard InChI is InChI=1S/C25H24N2O4/c28-23(18-11-6-14-31-18)22-20-19(21-17-10-5-4-7-15(17)12-13-26(21)22)24(29)27(25(20)30)16-8-2-1-3-9-16/h4-7,10-14,16,19-22H,1-3,8-9H2/t19-,20+,21-,22+/m0/s1. The molecule has 2 saturated heterocycles. The Balaban J connectivity index is 1.47. The van der Waals surface area contributed by atoms with Crippen molar-refractivity contribution >= 4 is 23.7 Å². The zero-order valence-corrected chi connectivity index (χ0v) is 17.1. The molecule has 0 N–H and O–H groups in total. The Morgan fingerprint density at radius 1 is 0.935 bits per heavy atom. The maximum atomic E-state index is 13.7. The Labute approximate surface area is 180 Å². The Hall–Kier alpha value is -3.15. The molecule has 6 nitrogen and oxygen atoms in total. The van der Waals surface area contributed by atoms with Crippen LogP contribution >= 0.6 is 0 Å². The maximum absolute atomic E-state index is 13.7. The highest BCUT2D eigenvalue weighted by Crippen LogP contribution is 2.53. The minimum Gasteiger partial charge on any atom is -0.461 e. The third kappa shape index (κ3) is 2.60. The van der Waals surface area contributed by atoms with E-state index in [0.29, 0.717) is 0 Å². The van der Waals surface area contributed by atoms with Crippen LogP contribution < -0.4 is 0 Å². The first-order valence-corrected chi connectivity index (χ1v) is 11.2. The molecule has 4 heterocycles. The van der Waals surface area contributed by atoms with Crippen molar-refractivity contribution in [2.75, 3.05) is 0 Å². The molecule has 1 aromatic heterocycles. The van der Waals surface area contributed by atoms with Crippen LogP contribution in [-0.2, 0) is 9.59 Å². The molecule has 3 fully saturated rings. The highest BCUT2D eigenvalue weighted by Gasteiger charge is 2.65. The molecule has 158 valence electrons. The number of ketones is 1. The molecule has 3 aliphatic heterocycles. The maximum Gasteiger partial charge on any atom is 0.236 e. The van der Waals surface area contributed by atoms with Gasteiger partial charge >= 0.3 is 0 Å². The molecule has 1 aliphatic carbocycles. The van der Waals surface area contributed by atoms with E-state index in [4.69, 9.17) is 4.42 Å². The topological polar surface area (TPSA) is 70.8 Å². The summed E-state index contributed by atoms with van der Waals surface area (Å²) in [5, 5.41) is 0. The Morgan fingerprint density at radius 2 is 1.71 bits per heavy atom. The van der Waals surface area contributed by atoms with Crippen molar-refractivity contribution in [2.24, 2.45) is 11.8 Å². The molecule has 0 radical (unpaired) electrons. The highest BCUT2D eigenvalue weighted by molar-refractivity contribution is 6.11. The number of hydrogen-bond donors (Lipinski definition) is 0. The van der Waals surface area contributed by atoms with E-state index < -0.39 is 17.9 Å². The van der Waals surface area contributed by atoms with Crippen molar-refractivity contribution in [3.05, 3.63) is 65.7 Å². The largest absolute Gasteiger partial charge is 0.461 e. The average molecular weight is 416 g/mol. The van der Waals surface area contributed by atoms with Gasteiger partial charge in [-0.2, -0.15) is 0 Å². The molecular formula is C25H24N2O4. The van der Waals surface area contributed by atoms with Crippen molar-refractivity contribution in [1.82, 2.24) is 9.80 Å². The molecule has 0 spiro atoms. The highest BCUT2D eigenvalue weighted by atomic mass is 16.3. The molecule has 6 heteroatoms. The third-order valence-corrected chi connectivity index (χ3v) is 7.47. The van der Waals surface area contributed by atoms with E-state index in [1.165, 1.54) is 11.2 Å². The molecule has 4 atom stereocenters. The van der Waals surface area contributed by atoms with Crippen LogP contribution in [0.4, 0.5) is 0 Å². The zero-order valence-electron chi connectivity index (χ0n) is 17.1. The molecule has 0 unspecified atom stereocenters. The van der Waals surface area contributed by atoms with Crippen LogP contribution in [0.2, 0.25) is 0 Å². The van der Waals surface area contributed by atoms with Gasteiger partial charge in [-0.3, -0.25) is 19.3 Å². The third-order valence-electron chi connectivity index (χ3n) is 7.47. The number of fused-ring (bicyclic) bond motifs is 5. The second-order valence-electron chi connectivity index (χ2n) is 9.01. The summed E-state index contributed by atoms with van der Waals surface area (Å²) in [7, 11) is 0. The second-order valence-corrected chi connectivity index (χ2v) is 9.01. The molecule has 2 amide bonds. The minimum absolute atomic E-state index is 0.0402. The molecule has 4 aliphatic rings. The fourth-order valence-electron chi connectivity index (χ4n) is 6.14. The number of Topliss-reactive ketones (excluding diaryl/α,β-unsaturated/α-hetero) is 1. The van der Waals surface area contributed by atoms with Gasteiger partial charge < -0.3 is 9.32 Å². The van der Waals surface area contributed by atoms with Gasteiger partial charge in [-0.15, -0.1) is 0 Å². The van der Waals surface area contributed by atoms with E-state index in [2.05, 4.69) is 0 Å². The van der Waals surface area contributed by atoms with Gasteiger partial charge in [0.25, 0.3) is 0 Å². The normalized spacial score (nSPS) is 29.8. The number of amides is 2. The smallest absolute Gasteiger partial charge is 0.236 e. The summed E-state index contributed by atoms with van der Waals surface area (Å²) in [6, 6.07) is 10.1. The van der Waals surface area contributed by atoms with Crippen LogP contribution in [0.25, 0.3) is 6.08 Å². The first-order chi connectivity index (χ1) is 15.2. The van der Waals surface area contributed by atoms with Crippen molar-refractivity contribution in [1.29, 1.82) is 0 Å². The lowest BCUT2D eigenvalue weighted by molar-refractivity contribution is -0.144. The SMILES string of the molecule is O=C(c1ccco1)[C@H]1[C@@H]2C(=O)N(C3CCCCC3)C(=O)[C@@H]2[C@@H]2c3ccccc3C=CN12. The lowest BCUT2D eigenvalue weighted by Crippen LogP contribution is -2.47. The molecule has 1 aromatic carbocycles. The summed E-state index contributed by atoms with van der Waals surface area (Å²) in [5.74, 6) is -1.55. The van der Waals surface area contributed by atoms with Crippen LogP contribution in [0.5, 0.6) is 0 Å². The summed E-state index contributed by atoms with van der Waals surface area (Å²) < 4.78 is 5.40. The van der Waals surface area contributed by atoms with Crippen molar-refractivity contribution in [3.8, 4) is 0 Å². The van der Waals surface area contributed by atoms with Gasteiger partial charge in [-0.25, -0.2) is 0 Å². The first kappa shape index (κ1) is 18.6. The summed E-state index contributed by atoms with van der Waals surface area (Å²) in [4.78, 5) is 44.4. The van der Waals surface area contributed by atoms with E-state index in [9.17, 15) is 14.4 Å². The van der Waals surface area contributed by atoms with Gasteiger partial charge in [0.1, 0.15) is 6.04 Å². The van der Waals surface area contributed by atoms with E-state index in [1.807, 2.05) is 41.4 Å². The van der Waals surface area contributed by atoms with Crippen LogP contribution in [0.3, 0.4) is 0 Å². The van der Waals surface area contributed by atoms with E-state index in [0.717, 1.165) is 43.2 Å². The van der Waals surface area contributed by atoms with Crippen molar-refractivity contribution in [3.63, 3.8) is 0 Å². The number of imide groups is 1.